The van der Waals surface area contributed by atoms with Crippen molar-refractivity contribution in [3.63, 3.8) is 0 Å². The summed E-state index contributed by atoms with van der Waals surface area (Å²) in [5, 5.41) is 4.31. The van der Waals surface area contributed by atoms with Crippen LogP contribution in [0.25, 0.3) is 21.3 Å². The largest absolute Gasteiger partial charge is 0.497 e. The van der Waals surface area contributed by atoms with Crippen molar-refractivity contribution < 1.29 is 9.53 Å². The maximum Gasteiger partial charge on any atom is 0.263 e. The van der Waals surface area contributed by atoms with Gasteiger partial charge in [-0.1, -0.05) is 18.2 Å². The minimum absolute atomic E-state index is 0.0137. The van der Waals surface area contributed by atoms with Crippen molar-refractivity contribution in [2.75, 3.05) is 7.11 Å². The van der Waals surface area contributed by atoms with Crippen LogP contribution in [0, 0.1) is 0 Å². The van der Waals surface area contributed by atoms with Gasteiger partial charge in [0.05, 0.1) is 30.2 Å². The number of benzene rings is 1. The third-order valence-corrected chi connectivity index (χ3v) is 5.87. The predicted molar refractivity (Wildman–Crippen MR) is 105 cm³/mol. The molecular weight excluding hydrogens is 368 g/mol. The average molecular weight is 382 g/mol. The van der Waals surface area contributed by atoms with E-state index in [0.717, 1.165) is 16.9 Å². The Bertz CT molecular complexity index is 1130. The monoisotopic (exact) mass is 382 g/mol. The molecular formula is C19H14N2O3S2. The second-order valence-corrected chi connectivity index (χ2v) is 7.44. The molecule has 3 heterocycles. The Hall–Kier alpha value is -2.77. The lowest BCUT2D eigenvalue weighted by Crippen LogP contribution is -2.24. The van der Waals surface area contributed by atoms with Crippen LogP contribution in [0.4, 0.5) is 0 Å². The smallest absolute Gasteiger partial charge is 0.263 e. The number of hydrogen-bond donors (Lipinski definition) is 0. The van der Waals surface area contributed by atoms with Gasteiger partial charge < -0.3 is 4.74 Å². The van der Waals surface area contributed by atoms with Crippen molar-refractivity contribution in [3.8, 4) is 16.9 Å². The van der Waals surface area contributed by atoms with Gasteiger partial charge >= 0.3 is 0 Å². The van der Waals surface area contributed by atoms with Crippen LogP contribution in [0.3, 0.4) is 0 Å². The Labute approximate surface area is 157 Å². The third-order valence-electron chi connectivity index (χ3n) is 4.07. The Morgan fingerprint density at radius 1 is 1.19 bits per heavy atom. The molecule has 0 saturated heterocycles. The summed E-state index contributed by atoms with van der Waals surface area (Å²) in [5.41, 5.74) is 1.54. The Kier molecular flexibility index (Phi) is 4.40. The summed E-state index contributed by atoms with van der Waals surface area (Å²) in [6.45, 7) is -0.0137. The lowest BCUT2D eigenvalue weighted by molar-refractivity contribution is 0.0974. The molecule has 0 N–H and O–H groups in total. The lowest BCUT2D eigenvalue weighted by Gasteiger charge is -2.05. The number of ether oxygens (including phenoxy) is 1. The van der Waals surface area contributed by atoms with Crippen molar-refractivity contribution in [1.82, 2.24) is 9.55 Å². The maximum absolute atomic E-state index is 13.0. The van der Waals surface area contributed by atoms with Crippen LogP contribution < -0.4 is 10.3 Å². The van der Waals surface area contributed by atoms with Crippen molar-refractivity contribution in [2.24, 2.45) is 0 Å². The number of hydrogen-bond acceptors (Lipinski definition) is 6. The Balaban J connectivity index is 1.76. The molecule has 0 saturated carbocycles. The highest BCUT2D eigenvalue weighted by Gasteiger charge is 2.15. The highest BCUT2D eigenvalue weighted by molar-refractivity contribution is 7.17. The van der Waals surface area contributed by atoms with Gasteiger partial charge in [-0.25, -0.2) is 4.98 Å². The third kappa shape index (κ3) is 2.95. The standard InChI is InChI=1S/C19H14N2O3S2/c1-24-13-6-4-12(5-7-13)14-10-26-18-17(14)19(23)21(11-20-18)9-15(22)16-3-2-8-25-16/h2-8,10-11H,9H2,1H3. The molecule has 4 aromatic rings. The summed E-state index contributed by atoms with van der Waals surface area (Å²) in [6, 6.07) is 11.1. The number of Topliss-reactive ketones (excluding diaryl/α,β-unsaturated/α-hetero) is 1. The zero-order chi connectivity index (χ0) is 18.1. The van der Waals surface area contributed by atoms with Crippen LogP contribution in [0.5, 0.6) is 5.75 Å². The number of aromatic nitrogens is 2. The molecule has 7 heteroatoms. The molecule has 0 fully saturated rings. The molecule has 0 aliphatic heterocycles. The first-order valence-electron chi connectivity index (χ1n) is 7.85. The molecule has 0 spiro atoms. The zero-order valence-corrected chi connectivity index (χ0v) is 15.5. The molecule has 0 aliphatic rings. The van der Waals surface area contributed by atoms with E-state index < -0.39 is 0 Å². The van der Waals surface area contributed by atoms with E-state index in [0.29, 0.717) is 15.1 Å². The van der Waals surface area contributed by atoms with E-state index in [1.165, 1.54) is 33.6 Å². The van der Waals surface area contributed by atoms with Gasteiger partial charge in [0.2, 0.25) is 0 Å². The van der Waals surface area contributed by atoms with E-state index in [9.17, 15) is 9.59 Å². The lowest BCUT2D eigenvalue weighted by atomic mass is 10.1. The molecule has 3 aromatic heterocycles. The van der Waals surface area contributed by atoms with Crippen LogP contribution in [-0.4, -0.2) is 22.4 Å². The van der Waals surface area contributed by atoms with Gasteiger partial charge in [-0.2, -0.15) is 0 Å². The normalized spacial score (nSPS) is 11.0. The van der Waals surface area contributed by atoms with E-state index >= 15 is 0 Å². The molecule has 0 atom stereocenters. The fourth-order valence-electron chi connectivity index (χ4n) is 2.73. The number of carbonyl (C=O) groups is 1. The van der Waals surface area contributed by atoms with Crippen molar-refractivity contribution in [2.45, 2.75) is 6.54 Å². The minimum Gasteiger partial charge on any atom is -0.497 e. The number of fused-ring (bicyclic) bond motifs is 1. The summed E-state index contributed by atoms with van der Waals surface area (Å²) < 4.78 is 6.56. The molecule has 130 valence electrons. The molecule has 0 unspecified atom stereocenters. The van der Waals surface area contributed by atoms with Crippen LogP contribution in [0.1, 0.15) is 9.67 Å². The predicted octanol–water partition coefficient (Wildman–Crippen LogP) is 4.08. The summed E-state index contributed by atoms with van der Waals surface area (Å²) in [5.74, 6) is 0.662. The van der Waals surface area contributed by atoms with E-state index in [-0.39, 0.29) is 17.9 Å². The van der Waals surface area contributed by atoms with Gasteiger partial charge in [0, 0.05) is 10.9 Å². The summed E-state index contributed by atoms with van der Waals surface area (Å²) in [4.78, 5) is 31.0. The topological polar surface area (TPSA) is 61.2 Å². The molecule has 1 aromatic carbocycles. The summed E-state index contributed by atoms with van der Waals surface area (Å²) >= 11 is 2.79. The minimum atomic E-state index is -0.202. The van der Waals surface area contributed by atoms with Crippen LogP contribution >= 0.6 is 22.7 Å². The highest BCUT2D eigenvalue weighted by atomic mass is 32.1. The number of rotatable bonds is 5. The Morgan fingerprint density at radius 3 is 2.69 bits per heavy atom. The van der Waals surface area contributed by atoms with E-state index in [1.807, 2.05) is 41.1 Å². The number of thiophene rings is 2. The maximum atomic E-state index is 13.0. The first kappa shape index (κ1) is 16.7. The van der Waals surface area contributed by atoms with Gasteiger partial charge in [0.15, 0.2) is 5.78 Å². The van der Waals surface area contributed by atoms with Gasteiger partial charge in [-0.3, -0.25) is 14.2 Å². The molecule has 4 rings (SSSR count). The number of carbonyl (C=O) groups excluding carboxylic acids is 1. The molecule has 0 aliphatic carbocycles. The summed E-state index contributed by atoms with van der Waals surface area (Å²) in [6.07, 6.45) is 1.45. The number of ketones is 1. The zero-order valence-electron chi connectivity index (χ0n) is 13.8. The van der Waals surface area contributed by atoms with Crippen molar-refractivity contribution >= 4 is 38.7 Å². The Morgan fingerprint density at radius 2 is 2.00 bits per heavy atom. The first-order chi connectivity index (χ1) is 12.7. The van der Waals surface area contributed by atoms with Gasteiger partial charge in [-0.05, 0) is 29.1 Å². The van der Waals surface area contributed by atoms with Gasteiger partial charge in [0.25, 0.3) is 5.56 Å². The second kappa shape index (κ2) is 6.86. The van der Waals surface area contributed by atoms with E-state index in [4.69, 9.17) is 4.74 Å². The van der Waals surface area contributed by atoms with E-state index in [2.05, 4.69) is 4.98 Å². The molecule has 0 amide bonds. The van der Waals surface area contributed by atoms with Gasteiger partial charge in [0.1, 0.15) is 10.6 Å². The van der Waals surface area contributed by atoms with Gasteiger partial charge in [-0.15, -0.1) is 22.7 Å². The molecule has 5 nitrogen and oxygen atoms in total. The number of methoxy groups -OCH3 is 1. The fourth-order valence-corrected chi connectivity index (χ4v) is 4.30. The van der Waals surface area contributed by atoms with Crippen molar-refractivity contribution in [1.29, 1.82) is 0 Å². The summed E-state index contributed by atoms with van der Waals surface area (Å²) in [7, 11) is 1.61. The van der Waals surface area contributed by atoms with Crippen LogP contribution in [0.15, 0.2) is 58.3 Å². The number of nitrogens with zero attached hydrogens (tertiary/aromatic N) is 2. The SMILES string of the molecule is COc1ccc(-c2csc3ncn(CC(=O)c4cccs4)c(=O)c23)cc1. The second-order valence-electron chi connectivity index (χ2n) is 5.64. The molecule has 0 radical (unpaired) electrons. The first-order valence-corrected chi connectivity index (χ1v) is 9.61. The fraction of sp³-hybridized carbons (Fsp3) is 0.105. The average Bonchev–Trinajstić information content (AvgIpc) is 3.34. The highest BCUT2D eigenvalue weighted by Crippen LogP contribution is 2.31. The van der Waals surface area contributed by atoms with E-state index in [1.54, 1.807) is 13.2 Å². The molecule has 26 heavy (non-hydrogen) atoms. The van der Waals surface area contributed by atoms with Crippen LogP contribution in [-0.2, 0) is 6.54 Å². The van der Waals surface area contributed by atoms with Crippen molar-refractivity contribution in [3.05, 3.63) is 68.7 Å². The molecule has 0 bridgehead atoms. The van der Waals surface area contributed by atoms with Crippen LogP contribution in [0.2, 0.25) is 0 Å². The quantitative estimate of drug-likeness (QED) is 0.488.